The van der Waals surface area contributed by atoms with E-state index in [1.54, 1.807) is 36.4 Å². The van der Waals surface area contributed by atoms with Crippen molar-refractivity contribution >= 4 is 5.78 Å². The Kier molecular flexibility index (Phi) is 4.14. The van der Waals surface area contributed by atoms with E-state index in [2.05, 4.69) is 0 Å². The molecule has 0 aliphatic rings. The number of rotatable bonds is 4. The molecule has 0 unspecified atom stereocenters. The number of nitriles is 1. The number of ether oxygens (including phenoxy) is 1. The number of nitrogens with zero attached hydrogens (tertiary/aromatic N) is 1. The van der Waals surface area contributed by atoms with Crippen LogP contribution in [0.3, 0.4) is 0 Å². The first-order valence-corrected chi connectivity index (χ1v) is 6.07. The molecule has 2 aromatic rings. The maximum absolute atomic E-state index is 11.6. The van der Waals surface area contributed by atoms with Crippen molar-refractivity contribution < 1.29 is 14.6 Å². The van der Waals surface area contributed by atoms with Crippen LogP contribution in [0, 0.1) is 11.3 Å². The van der Waals surface area contributed by atoms with Crippen LogP contribution >= 0.6 is 0 Å². The van der Waals surface area contributed by atoms with Gasteiger partial charge >= 0.3 is 0 Å². The monoisotopic (exact) mass is 267 g/mol. The Morgan fingerprint density at radius 3 is 2.75 bits per heavy atom. The van der Waals surface area contributed by atoms with Gasteiger partial charge in [-0.25, -0.2) is 0 Å². The van der Waals surface area contributed by atoms with Crippen LogP contribution in [-0.4, -0.2) is 10.9 Å². The third-order valence-corrected chi connectivity index (χ3v) is 2.80. The van der Waals surface area contributed by atoms with Gasteiger partial charge in [0.1, 0.15) is 11.5 Å². The first-order valence-electron chi connectivity index (χ1n) is 6.07. The molecule has 1 N–H and O–H groups in total. The Labute approximate surface area is 116 Å². The Morgan fingerprint density at radius 2 is 2.10 bits per heavy atom. The molecule has 0 aromatic heterocycles. The fourth-order valence-electron chi connectivity index (χ4n) is 1.80. The predicted octanol–water partition coefficient (Wildman–Crippen LogP) is 3.05. The molecule has 0 bridgehead atoms. The number of aliphatic hydroxyl groups is 1. The SMILES string of the molecule is CC(=O)c1ccc(C#N)cc1Oc1cccc(CO)c1. The average molecular weight is 267 g/mol. The summed E-state index contributed by atoms with van der Waals surface area (Å²) >= 11 is 0. The summed E-state index contributed by atoms with van der Waals surface area (Å²) in [5.41, 5.74) is 1.55. The molecule has 0 amide bonds. The van der Waals surface area contributed by atoms with Crippen LogP contribution in [-0.2, 0) is 6.61 Å². The molecule has 0 atom stereocenters. The van der Waals surface area contributed by atoms with Crippen molar-refractivity contribution in [3.05, 3.63) is 59.2 Å². The summed E-state index contributed by atoms with van der Waals surface area (Å²) in [6.07, 6.45) is 0. The first kappa shape index (κ1) is 13.8. The number of ketones is 1. The van der Waals surface area contributed by atoms with Crippen molar-refractivity contribution in [2.75, 3.05) is 0 Å². The number of aliphatic hydroxyl groups excluding tert-OH is 1. The minimum absolute atomic E-state index is 0.0883. The molecule has 4 heteroatoms. The summed E-state index contributed by atoms with van der Waals surface area (Å²) in [6.45, 7) is 1.35. The molecule has 0 spiro atoms. The molecular formula is C16H13NO3. The first-order chi connectivity index (χ1) is 9.63. The fourth-order valence-corrected chi connectivity index (χ4v) is 1.80. The van der Waals surface area contributed by atoms with E-state index < -0.39 is 0 Å². The van der Waals surface area contributed by atoms with E-state index in [1.165, 1.54) is 13.0 Å². The van der Waals surface area contributed by atoms with Crippen molar-refractivity contribution in [1.82, 2.24) is 0 Å². The number of carbonyl (C=O) groups excluding carboxylic acids is 1. The van der Waals surface area contributed by atoms with Gasteiger partial charge in [-0.1, -0.05) is 12.1 Å². The van der Waals surface area contributed by atoms with Gasteiger partial charge in [-0.15, -0.1) is 0 Å². The molecular weight excluding hydrogens is 254 g/mol. The summed E-state index contributed by atoms with van der Waals surface area (Å²) in [5, 5.41) is 18.0. The standard InChI is InChI=1S/C16H13NO3/c1-11(19)15-6-5-12(9-17)8-16(15)20-14-4-2-3-13(7-14)10-18/h2-8,18H,10H2,1H3. The van der Waals surface area contributed by atoms with Gasteiger partial charge in [0.2, 0.25) is 0 Å². The summed E-state index contributed by atoms with van der Waals surface area (Å²) in [4.78, 5) is 11.6. The van der Waals surface area contributed by atoms with Gasteiger partial charge in [-0.2, -0.15) is 5.26 Å². The molecule has 100 valence electrons. The average Bonchev–Trinajstić information content (AvgIpc) is 2.47. The molecule has 2 aromatic carbocycles. The molecule has 0 radical (unpaired) electrons. The van der Waals surface area contributed by atoms with Crippen molar-refractivity contribution in [2.45, 2.75) is 13.5 Å². The summed E-state index contributed by atoms with van der Waals surface area (Å²) in [5.74, 6) is 0.712. The van der Waals surface area contributed by atoms with E-state index in [0.29, 0.717) is 28.2 Å². The largest absolute Gasteiger partial charge is 0.457 e. The molecule has 0 saturated heterocycles. The number of benzene rings is 2. The Balaban J connectivity index is 2.40. The zero-order valence-electron chi connectivity index (χ0n) is 11.0. The summed E-state index contributed by atoms with van der Waals surface area (Å²) in [7, 11) is 0. The fraction of sp³-hybridized carbons (Fsp3) is 0.125. The third-order valence-electron chi connectivity index (χ3n) is 2.80. The molecule has 0 saturated carbocycles. The second-order valence-corrected chi connectivity index (χ2v) is 4.29. The molecule has 2 rings (SSSR count). The second kappa shape index (κ2) is 6.00. The predicted molar refractivity (Wildman–Crippen MR) is 73.6 cm³/mol. The van der Waals surface area contributed by atoms with E-state index in [0.717, 1.165) is 0 Å². The second-order valence-electron chi connectivity index (χ2n) is 4.29. The Hall–Kier alpha value is -2.64. The highest BCUT2D eigenvalue weighted by atomic mass is 16.5. The maximum Gasteiger partial charge on any atom is 0.163 e. The van der Waals surface area contributed by atoms with Gasteiger partial charge in [0.25, 0.3) is 0 Å². The topological polar surface area (TPSA) is 70.3 Å². The summed E-state index contributed by atoms with van der Waals surface area (Å²) in [6, 6.07) is 13.6. The van der Waals surface area contributed by atoms with E-state index >= 15 is 0 Å². The Morgan fingerprint density at radius 1 is 1.30 bits per heavy atom. The van der Waals surface area contributed by atoms with Crippen molar-refractivity contribution in [2.24, 2.45) is 0 Å². The van der Waals surface area contributed by atoms with Gasteiger partial charge in [-0.05, 0) is 42.8 Å². The van der Waals surface area contributed by atoms with Gasteiger partial charge in [0.05, 0.1) is 23.8 Å². The molecule has 0 aliphatic heterocycles. The quantitative estimate of drug-likeness (QED) is 0.864. The van der Waals surface area contributed by atoms with Gasteiger partial charge in [0, 0.05) is 0 Å². The lowest BCUT2D eigenvalue weighted by Gasteiger charge is -2.10. The highest BCUT2D eigenvalue weighted by Crippen LogP contribution is 2.27. The lowest BCUT2D eigenvalue weighted by Crippen LogP contribution is -1.98. The third kappa shape index (κ3) is 3.02. The normalized spacial score (nSPS) is 9.85. The zero-order chi connectivity index (χ0) is 14.5. The number of Topliss-reactive ketones (excluding diaryl/α,β-unsaturated/α-hetero) is 1. The number of hydrogen-bond acceptors (Lipinski definition) is 4. The minimum Gasteiger partial charge on any atom is -0.457 e. The van der Waals surface area contributed by atoms with E-state index in [4.69, 9.17) is 15.1 Å². The maximum atomic E-state index is 11.6. The molecule has 20 heavy (non-hydrogen) atoms. The molecule has 0 fully saturated rings. The van der Waals surface area contributed by atoms with Crippen LogP contribution in [0.25, 0.3) is 0 Å². The highest BCUT2D eigenvalue weighted by molar-refractivity contribution is 5.97. The van der Waals surface area contributed by atoms with Gasteiger partial charge in [0.15, 0.2) is 5.78 Å². The van der Waals surface area contributed by atoms with Gasteiger partial charge < -0.3 is 9.84 Å². The lowest BCUT2D eigenvalue weighted by molar-refractivity contribution is 0.101. The highest BCUT2D eigenvalue weighted by Gasteiger charge is 2.11. The smallest absolute Gasteiger partial charge is 0.163 e. The lowest BCUT2D eigenvalue weighted by atomic mass is 10.1. The molecule has 0 heterocycles. The van der Waals surface area contributed by atoms with Gasteiger partial charge in [-0.3, -0.25) is 4.79 Å². The molecule has 0 aliphatic carbocycles. The van der Waals surface area contributed by atoms with Crippen LogP contribution < -0.4 is 4.74 Å². The zero-order valence-corrected chi connectivity index (χ0v) is 11.0. The van der Waals surface area contributed by atoms with E-state index in [9.17, 15) is 4.79 Å². The van der Waals surface area contributed by atoms with Crippen LogP contribution in [0.1, 0.15) is 28.4 Å². The van der Waals surface area contributed by atoms with E-state index in [-0.39, 0.29) is 12.4 Å². The van der Waals surface area contributed by atoms with Crippen LogP contribution in [0.5, 0.6) is 11.5 Å². The van der Waals surface area contributed by atoms with Crippen molar-refractivity contribution in [1.29, 1.82) is 5.26 Å². The van der Waals surface area contributed by atoms with Crippen LogP contribution in [0.2, 0.25) is 0 Å². The minimum atomic E-state index is -0.136. The van der Waals surface area contributed by atoms with E-state index in [1.807, 2.05) is 6.07 Å². The van der Waals surface area contributed by atoms with Crippen molar-refractivity contribution in [3.63, 3.8) is 0 Å². The van der Waals surface area contributed by atoms with Crippen LogP contribution in [0.15, 0.2) is 42.5 Å². The Bertz CT molecular complexity index is 686. The number of hydrogen-bond donors (Lipinski definition) is 1. The van der Waals surface area contributed by atoms with Crippen LogP contribution in [0.4, 0.5) is 0 Å². The number of carbonyl (C=O) groups is 1. The summed E-state index contributed by atoms with van der Waals surface area (Å²) < 4.78 is 5.67. The molecule has 4 nitrogen and oxygen atoms in total. The van der Waals surface area contributed by atoms with Crippen molar-refractivity contribution in [3.8, 4) is 17.6 Å².